The summed E-state index contributed by atoms with van der Waals surface area (Å²) in [7, 11) is 1.86. The van der Waals surface area contributed by atoms with Crippen molar-refractivity contribution in [2.24, 2.45) is 7.05 Å². The highest BCUT2D eigenvalue weighted by Gasteiger charge is 2.33. The van der Waals surface area contributed by atoms with Crippen molar-refractivity contribution in [2.75, 3.05) is 0 Å². The van der Waals surface area contributed by atoms with Crippen molar-refractivity contribution in [3.8, 4) is 0 Å². The molecule has 2 atom stereocenters. The molecule has 5 heteroatoms. The average Bonchev–Trinajstić information content (AvgIpc) is 2.59. The molecule has 2 unspecified atom stereocenters. The Morgan fingerprint density at radius 3 is 2.86 bits per heavy atom. The fourth-order valence-electron chi connectivity index (χ4n) is 1.85. The summed E-state index contributed by atoms with van der Waals surface area (Å²) in [5.41, 5.74) is 0. The lowest BCUT2D eigenvalue weighted by Crippen LogP contribution is -2.25. The van der Waals surface area contributed by atoms with Gasteiger partial charge in [0.15, 0.2) is 0 Å². The third-order valence-corrected chi connectivity index (χ3v) is 3.05. The Bertz CT molecular complexity index is 374. The van der Waals surface area contributed by atoms with Gasteiger partial charge in [-0.05, 0) is 6.92 Å². The fraction of sp³-hybridized carbons (Fsp3) is 0.556. The largest absolute Gasteiger partial charge is 0.353 e. The number of nitrogens with zero attached hydrogens (tertiary/aromatic N) is 2. The molecule has 1 aromatic rings. The van der Waals surface area contributed by atoms with Crippen LogP contribution in [-0.4, -0.2) is 21.5 Å². The van der Waals surface area contributed by atoms with Crippen molar-refractivity contribution in [1.82, 2.24) is 14.9 Å². The molecule has 1 fully saturated rings. The number of carbonyl (C=O) groups is 1. The highest BCUT2D eigenvalue weighted by Crippen LogP contribution is 2.28. The van der Waals surface area contributed by atoms with Crippen LogP contribution in [0.1, 0.15) is 25.1 Å². The van der Waals surface area contributed by atoms with Gasteiger partial charge in [-0.15, -0.1) is 0 Å². The van der Waals surface area contributed by atoms with Crippen LogP contribution in [-0.2, 0) is 11.8 Å². The number of halogens is 1. The first-order valence-electron chi connectivity index (χ1n) is 4.56. The molecule has 2 rings (SSSR count). The van der Waals surface area contributed by atoms with Crippen molar-refractivity contribution < 1.29 is 4.79 Å². The maximum Gasteiger partial charge on any atom is 0.221 e. The maximum atomic E-state index is 11.2. The number of amides is 1. The van der Waals surface area contributed by atoms with E-state index in [0.717, 1.165) is 5.82 Å². The van der Waals surface area contributed by atoms with Crippen molar-refractivity contribution in [2.45, 2.75) is 25.3 Å². The first kappa shape index (κ1) is 9.52. The summed E-state index contributed by atoms with van der Waals surface area (Å²) in [4.78, 5) is 15.4. The normalized spacial score (nSPS) is 26.6. The molecule has 1 aromatic heterocycles. The van der Waals surface area contributed by atoms with Crippen LogP contribution >= 0.6 is 11.6 Å². The fourth-order valence-corrected chi connectivity index (χ4v) is 1.99. The molecule has 76 valence electrons. The summed E-state index contributed by atoms with van der Waals surface area (Å²) in [6.45, 7) is 1.98. The van der Waals surface area contributed by atoms with Gasteiger partial charge < -0.3 is 9.88 Å². The van der Waals surface area contributed by atoms with Gasteiger partial charge in [0.05, 0.1) is 6.20 Å². The number of carbonyl (C=O) groups excluding carboxylic acids is 1. The van der Waals surface area contributed by atoms with E-state index in [1.807, 2.05) is 18.5 Å². The Hall–Kier alpha value is -1.03. The van der Waals surface area contributed by atoms with E-state index >= 15 is 0 Å². The number of nitrogens with one attached hydrogen (secondary N) is 1. The predicted molar refractivity (Wildman–Crippen MR) is 53.2 cm³/mol. The number of aromatic nitrogens is 2. The standard InChI is InChI=1S/C9H12ClN3O/c1-5-6(3-8(14)12-5)9-11-4-7(10)13(9)2/h4-6H,3H2,1-2H3,(H,12,14). The lowest BCUT2D eigenvalue weighted by molar-refractivity contribution is -0.119. The monoisotopic (exact) mass is 213 g/mol. The molecule has 1 aliphatic heterocycles. The molecule has 1 amide bonds. The zero-order valence-electron chi connectivity index (χ0n) is 8.12. The molecule has 0 bridgehead atoms. The molecule has 2 heterocycles. The van der Waals surface area contributed by atoms with Crippen LogP contribution in [0.15, 0.2) is 6.20 Å². The summed E-state index contributed by atoms with van der Waals surface area (Å²) in [5, 5.41) is 3.47. The summed E-state index contributed by atoms with van der Waals surface area (Å²) in [6, 6.07) is 0.139. The Morgan fingerprint density at radius 2 is 2.43 bits per heavy atom. The minimum absolute atomic E-state index is 0.0848. The van der Waals surface area contributed by atoms with Crippen molar-refractivity contribution in [3.05, 3.63) is 17.2 Å². The maximum absolute atomic E-state index is 11.2. The van der Waals surface area contributed by atoms with E-state index < -0.39 is 0 Å². The molecule has 0 radical (unpaired) electrons. The second-order valence-electron chi connectivity index (χ2n) is 3.66. The molecule has 1 aliphatic rings. The van der Waals surface area contributed by atoms with E-state index in [1.165, 1.54) is 0 Å². The Balaban J connectivity index is 2.31. The molecular formula is C9H12ClN3O. The van der Waals surface area contributed by atoms with Crippen molar-refractivity contribution >= 4 is 17.5 Å². The molecule has 4 nitrogen and oxygen atoms in total. The summed E-state index contributed by atoms with van der Waals surface area (Å²) in [6.07, 6.45) is 2.12. The molecule has 0 aliphatic carbocycles. The smallest absolute Gasteiger partial charge is 0.221 e. The van der Waals surface area contributed by atoms with Crippen LogP contribution in [0.25, 0.3) is 0 Å². The zero-order valence-corrected chi connectivity index (χ0v) is 8.88. The minimum Gasteiger partial charge on any atom is -0.353 e. The summed E-state index contributed by atoms with van der Waals surface area (Å²) >= 11 is 5.89. The van der Waals surface area contributed by atoms with E-state index in [9.17, 15) is 4.79 Å². The van der Waals surface area contributed by atoms with Gasteiger partial charge in [-0.3, -0.25) is 4.79 Å². The molecule has 1 N–H and O–H groups in total. The van der Waals surface area contributed by atoms with Gasteiger partial charge >= 0.3 is 0 Å². The molecule has 1 saturated heterocycles. The second-order valence-corrected chi connectivity index (χ2v) is 4.05. The molecule has 0 spiro atoms. The Kier molecular flexibility index (Phi) is 2.23. The van der Waals surface area contributed by atoms with Gasteiger partial charge in [-0.25, -0.2) is 4.98 Å². The molecular weight excluding hydrogens is 202 g/mol. The van der Waals surface area contributed by atoms with Gasteiger partial charge in [-0.2, -0.15) is 0 Å². The Morgan fingerprint density at radius 1 is 1.71 bits per heavy atom. The quantitative estimate of drug-likeness (QED) is 0.759. The second kappa shape index (κ2) is 3.28. The van der Waals surface area contributed by atoms with E-state index in [4.69, 9.17) is 11.6 Å². The predicted octanol–water partition coefficient (Wildman–Crippen LogP) is 1.07. The van der Waals surface area contributed by atoms with Crippen LogP contribution in [0.2, 0.25) is 5.15 Å². The number of rotatable bonds is 1. The number of imidazole rings is 1. The van der Waals surface area contributed by atoms with E-state index in [2.05, 4.69) is 10.3 Å². The number of hydrogen-bond donors (Lipinski definition) is 1. The van der Waals surface area contributed by atoms with Crippen LogP contribution < -0.4 is 5.32 Å². The lowest BCUT2D eigenvalue weighted by atomic mass is 10.0. The number of hydrogen-bond acceptors (Lipinski definition) is 2. The van der Waals surface area contributed by atoms with E-state index in [-0.39, 0.29) is 17.9 Å². The lowest BCUT2D eigenvalue weighted by Gasteiger charge is -2.13. The van der Waals surface area contributed by atoms with E-state index in [1.54, 1.807) is 6.20 Å². The first-order chi connectivity index (χ1) is 6.59. The van der Waals surface area contributed by atoms with Crippen molar-refractivity contribution in [1.29, 1.82) is 0 Å². The van der Waals surface area contributed by atoms with Crippen LogP contribution in [0.5, 0.6) is 0 Å². The third-order valence-electron chi connectivity index (χ3n) is 2.70. The molecule has 0 aromatic carbocycles. The van der Waals surface area contributed by atoms with Crippen LogP contribution in [0.4, 0.5) is 0 Å². The topological polar surface area (TPSA) is 46.9 Å². The van der Waals surface area contributed by atoms with E-state index in [0.29, 0.717) is 11.6 Å². The third kappa shape index (κ3) is 1.39. The van der Waals surface area contributed by atoms with Crippen LogP contribution in [0.3, 0.4) is 0 Å². The van der Waals surface area contributed by atoms with Gasteiger partial charge in [0.1, 0.15) is 11.0 Å². The molecule has 0 saturated carbocycles. The first-order valence-corrected chi connectivity index (χ1v) is 4.94. The SMILES string of the molecule is CC1NC(=O)CC1c1ncc(Cl)n1C. The van der Waals surface area contributed by atoms with Gasteiger partial charge in [-0.1, -0.05) is 11.6 Å². The molecule has 14 heavy (non-hydrogen) atoms. The summed E-state index contributed by atoms with van der Waals surface area (Å²) < 4.78 is 1.82. The van der Waals surface area contributed by atoms with Gasteiger partial charge in [0.2, 0.25) is 5.91 Å². The highest BCUT2D eigenvalue weighted by atomic mass is 35.5. The van der Waals surface area contributed by atoms with Crippen LogP contribution in [0, 0.1) is 0 Å². The highest BCUT2D eigenvalue weighted by molar-refractivity contribution is 6.29. The minimum atomic E-state index is 0.0848. The average molecular weight is 214 g/mol. The van der Waals surface area contributed by atoms with Gasteiger partial charge in [0.25, 0.3) is 0 Å². The van der Waals surface area contributed by atoms with Gasteiger partial charge in [0, 0.05) is 25.4 Å². The summed E-state index contributed by atoms with van der Waals surface area (Å²) in [5.74, 6) is 1.10. The Labute approximate surface area is 87.3 Å². The van der Waals surface area contributed by atoms with Crippen molar-refractivity contribution in [3.63, 3.8) is 0 Å². The zero-order chi connectivity index (χ0) is 10.3.